The van der Waals surface area contributed by atoms with Gasteiger partial charge in [0.05, 0.1) is 0 Å². The highest BCUT2D eigenvalue weighted by Crippen LogP contribution is 2.48. The molecule has 0 radical (unpaired) electrons. The Balaban J connectivity index is 2.53. The van der Waals surface area contributed by atoms with Gasteiger partial charge in [-0.25, -0.2) is 4.79 Å². The number of carboxylic acids is 1. The van der Waals surface area contributed by atoms with E-state index < -0.39 is 12.0 Å². The van der Waals surface area contributed by atoms with Crippen LogP contribution in [0.1, 0.15) is 52.5 Å². The highest BCUT2D eigenvalue weighted by atomic mass is 16.4. The molecule has 1 atom stereocenters. The van der Waals surface area contributed by atoms with Gasteiger partial charge in [0.15, 0.2) is 0 Å². The molecule has 0 bridgehead atoms. The Labute approximate surface area is 127 Å². The van der Waals surface area contributed by atoms with Gasteiger partial charge in [0.25, 0.3) is 0 Å². The summed E-state index contributed by atoms with van der Waals surface area (Å²) in [5.41, 5.74) is 3.19. The number of carbonyl (C=O) groups is 1. The number of allylic oxidation sites excluding steroid dienone is 2. The maximum atomic E-state index is 11.8. The van der Waals surface area contributed by atoms with E-state index in [1.165, 1.54) is 5.56 Å². The van der Waals surface area contributed by atoms with Gasteiger partial charge in [-0.2, -0.15) is 0 Å². The summed E-state index contributed by atoms with van der Waals surface area (Å²) in [7, 11) is 0. The second kappa shape index (κ2) is 5.92. The molecular formula is C18H25NO2. The van der Waals surface area contributed by atoms with Crippen molar-refractivity contribution in [1.82, 2.24) is 0 Å². The molecule has 0 aliphatic carbocycles. The molecule has 1 N–H and O–H groups in total. The van der Waals surface area contributed by atoms with Crippen LogP contribution in [-0.4, -0.2) is 17.1 Å². The normalized spacial score (nSPS) is 19.6. The van der Waals surface area contributed by atoms with Crippen molar-refractivity contribution in [3.05, 3.63) is 41.6 Å². The molecule has 0 amide bonds. The largest absolute Gasteiger partial charge is 0.480 e. The summed E-state index contributed by atoms with van der Waals surface area (Å²) in [6.45, 7) is 8.42. The second-order valence-corrected chi connectivity index (χ2v) is 6.18. The van der Waals surface area contributed by atoms with Gasteiger partial charge in [0.2, 0.25) is 0 Å². The zero-order valence-corrected chi connectivity index (χ0v) is 13.4. The van der Waals surface area contributed by atoms with Crippen molar-refractivity contribution in [3.8, 4) is 0 Å². The highest BCUT2D eigenvalue weighted by Gasteiger charge is 2.43. The lowest BCUT2D eigenvalue weighted by molar-refractivity contribution is -0.138. The summed E-state index contributed by atoms with van der Waals surface area (Å²) in [4.78, 5) is 13.8. The van der Waals surface area contributed by atoms with Gasteiger partial charge in [-0.05, 0) is 25.0 Å². The first-order valence-corrected chi connectivity index (χ1v) is 7.73. The van der Waals surface area contributed by atoms with Crippen molar-refractivity contribution in [2.24, 2.45) is 0 Å². The zero-order chi connectivity index (χ0) is 15.6. The van der Waals surface area contributed by atoms with Gasteiger partial charge in [0.1, 0.15) is 6.04 Å². The van der Waals surface area contributed by atoms with Gasteiger partial charge in [0, 0.05) is 16.8 Å². The van der Waals surface area contributed by atoms with Gasteiger partial charge in [-0.1, -0.05) is 57.9 Å². The van der Waals surface area contributed by atoms with Crippen molar-refractivity contribution in [3.63, 3.8) is 0 Å². The first-order chi connectivity index (χ1) is 9.95. The van der Waals surface area contributed by atoms with E-state index in [0.717, 1.165) is 24.2 Å². The van der Waals surface area contributed by atoms with Gasteiger partial charge in [-0.3, -0.25) is 0 Å². The van der Waals surface area contributed by atoms with Gasteiger partial charge in [-0.15, -0.1) is 0 Å². The molecule has 0 fully saturated rings. The van der Waals surface area contributed by atoms with Crippen LogP contribution in [0.2, 0.25) is 0 Å². The third kappa shape index (κ3) is 2.57. The summed E-state index contributed by atoms with van der Waals surface area (Å²) in [6, 6.07) is 7.67. The monoisotopic (exact) mass is 287 g/mol. The molecule has 1 unspecified atom stereocenters. The smallest absolute Gasteiger partial charge is 0.326 e. The number of nitrogens with zero attached hydrogens (tertiary/aromatic N) is 1. The summed E-state index contributed by atoms with van der Waals surface area (Å²) < 4.78 is 0. The lowest BCUT2D eigenvalue weighted by atomic mass is 9.84. The van der Waals surface area contributed by atoms with E-state index in [4.69, 9.17) is 0 Å². The molecule has 1 aliphatic heterocycles. The first-order valence-electron chi connectivity index (χ1n) is 7.73. The molecule has 0 aromatic heterocycles. The highest BCUT2D eigenvalue weighted by molar-refractivity contribution is 5.83. The molecule has 1 aromatic carbocycles. The molecule has 0 spiro atoms. The van der Waals surface area contributed by atoms with E-state index in [1.54, 1.807) is 0 Å². The SMILES string of the molecule is CC=C1N(C(CCCC)C(=O)O)c2ccccc2C1(C)C. The van der Waals surface area contributed by atoms with Crippen LogP contribution in [0.5, 0.6) is 0 Å². The van der Waals surface area contributed by atoms with E-state index in [1.807, 2.05) is 30.0 Å². The molecule has 3 heteroatoms. The van der Waals surface area contributed by atoms with Gasteiger partial charge < -0.3 is 10.0 Å². The second-order valence-electron chi connectivity index (χ2n) is 6.18. The van der Waals surface area contributed by atoms with Crippen molar-refractivity contribution < 1.29 is 9.90 Å². The molecule has 1 heterocycles. The number of aliphatic carboxylic acids is 1. The molecule has 3 nitrogen and oxygen atoms in total. The van der Waals surface area contributed by atoms with Crippen LogP contribution < -0.4 is 4.90 Å². The quantitative estimate of drug-likeness (QED) is 0.876. The Kier molecular flexibility index (Phi) is 4.40. The number of anilines is 1. The number of hydrogen-bond donors (Lipinski definition) is 1. The zero-order valence-electron chi connectivity index (χ0n) is 13.4. The number of fused-ring (bicyclic) bond motifs is 1. The Morgan fingerprint density at radius 3 is 2.62 bits per heavy atom. The fraction of sp³-hybridized carbons (Fsp3) is 0.500. The average molecular weight is 287 g/mol. The van der Waals surface area contributed by atoms with Crippen molar-refractivity contribution in [2.75, 3.05) is 4.90 Å². The predicted octanol–water partition coefficient (Wildman–Crippen LogP) is 4.33. The Bertz CT molecular complexity index is 560. The van der Waals surface area contributed by atoms with Crippen LogP contribution >= 0.6 is 0 Å². The molecule has 1 aromatic rings. The van der Waals surface area contributed by atoms with Crippen LogP contribution in [0, 0.1) is 0 Å². The predicted molar refractivity (Wildman–Crippen MR) is 86.7 cm³/mol. The number of carboxylic acid groups (broad SMARTS) is 1. The van der Waals surface area contributed by atoms with Crippen LogP contribution in [0.25, 0.3) is 0 Å². The summed E-state index contributed by atoms with van der Waals surface area (Å²) in [5.74, 6) is -0.740. The number of benzene rings is 1. The third-order valence-corrected chi connectivity index (χ3v) is 4.44. The number of hydrogen-bond acceptors (Lipinski definition) is 2. The fourth-order valence-electron chi connectivity index (χ4n) is 3.38. The molecule has 0 saturated carbocycles. The van der Waals surface area contributed by atoms with Crippen LogP contribution in [-0.2, 0) is 10.2 Å². The summed E-state index contributed by atoms with van der Waals surface area (Å²) >= 11 is 0. The number of unbranched alkanes of at least 4 members (excludes halogenated alkanes) is 1. The maximum absolute atomic E-state index is 11.8. The van der Waals surface area contributed by atoms with E-state index in [2.05, 4.69) is 32.9 Å². The molecular weight excluding hydrogens is 262 g/mol. The lowest BCUT2D eigenvalue weighted by Gasteiger charge is -2.31. The standard InChI is InChI=1S/C18H25NO2/c1-5-7-11-15(17(20)21)19-14-12-9-8-10-13(14)18(3,4)16(19)6-2/h6,8-10,12,15H,5,7,11H2,1-4H3,(H,20,21). The third-order valence-electron chi connectivity index (χ3n) is 4.44. The minimum absolute atomic E-state index is 0.148. The van der Waals surface area contributed by atoms with Crippen LogP contribution in [0.3, 0.4) is 0 Å². The fourth-order valence-corrected chi connectivity index (χ4v) is 3.38. The van der Waals surface area contributed by atoms with Crippen LogP contribution in [0.4, 0.5) is 5.69 Å². The minimum atomic E-state index is -0.740. The number of para-hydroxylation sites is 1. The van der Waals surface area contributed by atoms with E-state index in [-0.39, 0.29) is 5.41 Å². The molecule has 21 heavy (non-hydrogen) atoms. The Morgan fingerprint density at radius 1 is 1.38 bits per heavy atom. The molecule has 2 rings (SSSR count). The minimum Gasteiger partial charge on any atom is -0.480 e. The first kappa shape index (κ1) is 15.6. The van der Waals surface area contributed by atoms with Crippen LogP contribution in [0.15, 0.2) is 36.0 Å². The van der Waals surface area contributed by atoms with Gasteiger partial charge >= 0.3 is 5.97 Å². The number of rotatable bonds is 5. The van der Waals surface area contributed by atoms with E-state index in [0.29, 0.717) is 6.42 Å². The van der Waals surface area contributed by atoms with Crippen molar-refractivity contribution in [2.45, 2.75) is 58.4 Å². The summed E-state index contributed by atoms with van der Waals surface area (Å²) in [6.07, 6.45) is 4.66. The Morgan fingerprint density at radius 2 is 2.05 bits per heavy atom. The lowest BCUT2D eigenvalue weighted by Crippen LogP contribution is -2.41. The summed E-state index contributed by atoms with van der Waals surface area (Å²) in [5, 5.41) is 9.70. The topological polar surface area (TPSA) is 40.5 Å². The van der Waals surface area contributed by atoms with Crippen molar-refractivity contribution >= 4 is 11.7 Å². The maximum Gasteiger partial charge on any atom is 0.326 e. The van der Waals surface area contributed by atoms with E-state index >= 15 is 0 Å². The molecule has 1 aliphatic rings. The molecule has 0 saturated heterocycles. The Hall–Kier alpha value is -1.77. The average Bonchev–Trinajstić information content (AvgIpc) is 2.67. The molecule has 114 valence electrons. The van der Waals surface area contributed by atoms with E-state index in [9.17, 15) is 9.90 Å². The van der Waals surface area contributed by atoms with Crippen molar-refractivity contribution in [1.29, 1.82) is 0 Å².